The molecule has 0 rings (SSSR count). The van der Waals surface area contributed by atoms with Gasteiger partial charge in [0.2, 0.25) is 0 Å². The molecule has 0 aliphatic heterocycles. The minimum atomic E-state index is -0.837. The summed E-state index contributed by atoms with van der Waals surface area (Å²) in [6.45, 7) is 1.89. The predicted octanol–water partition coefficient (Wildman–Crippen LogP) is 0.612. The topological polar surface area (TPSA) is 12.0 Å². The standard InChI is InChI=1S/C2H8NPS/c1-4(2)3-5/h3-5H,1H2,2H3/i/hD. The van der Waals surface area contributed by atoms with Gasteiger partial charge in [0.25, 0.3) is 0 Å². The Morgan fingerprint density at radius 3 is 2.60 bits per heavy atom. The Morgan fingerprint density at radius 2 is 2.60 bits per heavy atom. The van der Waals surface area contributed by atoms with E-state index in [0.717, 1.165) is 4.49 Å². The van der Waals surface area contributed by atoms with Crippen molar-refractivity contribution >= 4 is 26.8 Å². The Balaban J connectivity index is 3.26. The van der Waals surface area contributed by atoms with Gasteiger partial charge in [-0.2, -0.15) is 0 Å². The van der Waals surface area contributed by atoms with Crippen LogP contribution in [0, 0.1) is 0 Å². The van der Waals surface area contributed by atoms with Crippen LogP contribution in [0.1, 0.15) is 0 Å². The van der Waals surface area contributed by atoms with Gasteiger partial charge >= 0.3 is 0 Å². The van der Waals surface area contributed by atoms with Crippen LogP contribution in [0.25, 0.3) is 0 Å². The first-order chi connectivity index (χ1) is 2.64. The van der Waals surface area contributed by atoms with Crippen molar-refractivity contribution in [1.82, 2.24) is 4.49 Å². The van der Waals surface area contributed by atoms with Crippen LogP contribution in [-0.2, 0) is 0 Å². The first kappa shape index (κ1) is 3.79. The molecule has 32 valence electrons. The molecule has 1 atom stereocenters. The number of nitrogens with one attached hydrogen (secondary N) is 1. The fourth-order valence-electron chi connectivity index (χ4n) is 0. The zero-order chi connectivity index (χ0) is 5.15. The van der Waals surface area contributed by atoms with E-state index in [4.69, 9.17) is 1.41 Å². The van der Waals surface area contributed by atoms with E-state index in [1.54, 1.807) is 0 Å². The van der Waals surface area contributed by atoms with E-state index in [2.05, 4.69) is 19.1 Å². The van der Waals surface area contributed by atoms with Gasteiger partial charge in [-0.15, -0.1) is 0 Å². The highest BCUT2D eigenvalue weighted by Crippen LogP contribution is 2.03. The molecule has 1 N–H and O–H groups in total. The molecule has 3 heteroatoms. The summed E-state index contributed by atoms with van der Waals surface area (Å²) in [7, 11) is -0.837. The summed E-state index contributed by atoms with van der Waals surface area (Å²) in [6.07, 6.45) is 3.60. The fraction of sp³-hybridized carbons (Fsp3) is 0.500. The molecule has 0 saturated carbocycles. The van der Waals surface area contributed by atoms with Crippen LogP contribution in [-0.4, -0.2) is 13.0 Å². The van der Waals surface area contributed by atoms with Gasteiger partial charge < -0.3 is 0 Å². The van der Waals surface area contributed by atoms with Crippen molar-refractivity contribution in [3.05, 3.63) is 0 Å². The SMILES string of the molecule is [2H]N(S)[PH](=C)C. The Bertz CT molecular complexity index is 64.6. The second-order valence-corrected chi connectivity index (χ2v) is 3.11. The zero-order valence-corrected chi connectivity index (χ0v) is 5.00. The van der Waals surface area contributed by atoms with Gasteiger partial charge in [-0.25, -0.2) is 4.49 Å². The fourth-order valence-corrected chi connectivity index (χ4v) is 0. The lowest BCUT2D eigenvalue weighted by Crippen LogP contribution is -1.74. The molecule has 1 unspecified atom stereocenters. The number of hydrogen-bond acceptors (Lipinski definition) is 2. The van der Waals surface area contributed by atoms with Gasteiger partial charge in [0.05, 0.1) is 0 Å². The molecule has 0 aliphatic rings. The normalized spacial score (nSPS) is 18.6. The molecule has 0 aromatic heterocycles. The molecule has 0 saturated heterocycles. The van der Waals surface area contributed by atoms with E-state index in [0.29, 0.717) is 0 Å². The highest BCUT2D eigenvalue weighted by atomic mass is 32.1. The molecule has 0 amide bonds. The van der Waals surface area contributed by atoms with E-state index in [9.17, 15) is 0 Å². The molecule has 0 radical (unpaired) electrons. The summed E-state index contributed by atoms with van der Waals surface area (Å²) in [5, 5.41) is 0. The van der Waals surface area contributed by atoms with Crippen molar-refractivity contribution in [2.24, 2.45) is 0 Å². The second-order valence-electron chi connectivity index (χ2n) is 0.835. The van der Waals surface area contributed by atoms with Gasteiger partial charge in [-0.3, -0.25) is 0 Å². The summed E-state index contributed by atoms with van der Waals surface area (Å²) in [4.78, 5) is 0. The van der Waals surface area contributed by atoms with E-state index < -0.39 is 7.70 Å². The van der Waals surface area contributed by atoms with E-state index in [1.165, 1.54) is 0 Å². The van der Waals surface area contributed by atoms with E-state index in [1.807, 2.05) is 6.66 Å². The van der Waals surface area contributed by atoms with E-state index >= 15 is 0 Å². The summed E-state index contributed by atoms with van der Waals surface area (Å²) in [5.41, 5.74) is 0. The van der Waals surface area contributed by atoms with Crippen LogP contribution >= 0.6 is 20.5 Å². The minimum absolute atomic E-state index is 0.837. The average molecular weight is 110 g/mol. The van der Waals surface area contributed by atoms with Gasteiger partial charge in [0.15, 0.2) is 0 Å². The summed E-state index contributed by atoms with van der Waals surface area (Å²) >= 11 is 3.68. The molecule has 1 nitrogen and oxygen atoms in total. The van der Waals surface area contributed by atoms with Crippen molar-refractivity contribution < 1.29 is 1.41 Å². The molecular weight excluding hydrogens is 101 g/mol. The molecule has 0 aromatic carbocycles. The maximum Gasteiger partial charge on any atom is 0.140 e. The molecule has 0 bridgehead atoms. The zero-order valence-electron chi connectivity index (χ0n) is 4.10. The highest BCUT2D eigenvalue weighted by molar-refractivity contribution is 7.85. The minimum Gasteiger partial charge on any atom is -0.249 e. The lowest BCUT2D eigenvalue weighted by atomic mass is 11.9. The first-order valence-electron chi connectivity index (χ1n) is 1.72. The number of thiol groups is 1. The van der Waals surface area contributed by atoms with Crippen molar-refractivity contribution in [1.29, 1.82) is 0 Å². The number of rotatable bonds is 1. The quantitative estimate of drug-likeness (QED) is 0.372. The maximum absolute atomic E-state index is 6.71. The van der Waals surface area contributed by atoms with Gasteiger partial charge in [0, 0.05) is 0 Å². The second kappa shape index (κ2) is 2.83. The number of hydrogen-bond donors (Lipinski definition) is 2. The van der Waals surface area contributed by atoms with E-state index in [-0.39, 0.29) is 0 Å². The van der Waals surface area contributed by atoms with Crippen molar-refractivity contribution in [3.63, 3.8) is 0 Å². The van der Waals surface area contributed by atoms with Crippen LogP contribution < -0.4 is 4.49 Å². The third-order valence-electron chi connectivity index (χ3n) is 0.171. The van der Waals surface area contributed by atoms with Crippen LogP contribution in [0.5, 0.6) is 0 Å². The lowest BCUT2D eigenvalue weighted by molar-refractivity contribution is 1.75. The Hall–Kier alpha value is 0.610. The molecule has 0 aliphatic carbocycles. The van der Waals surface area contributed by atoms with Gasteiger partial charge in [0.1, 0.15) is 1.41 Å². The van der Waals surface area contributed by atoms with Crippen molar-refractivity contribution in [2.75, 3.05) is 6.66 Å². The first-order valence-corrected chi connectivity index (χ1v) is 3.83. The summed E-state index contributed by atoms with van der Waals surface area (Å²) < 4.78 is 7.81. The predicted molar refractivity (Wildman–Crippen MR) is 33.5 cm³/mol. The molecule has 0 aromatic rings. The van der Waals surface area contributed by atoms with Crippen LogP contribution in [0.2, 0.25) is 1.41 Å². The average Bonchev–Trinajstić information content (AvgIpc) is 1.36. The Kier molecular flexibility index (Phi) is 2.14. The van der Waals surface area contributed by atoms with Crippen LogP contribution in [0.3, 0.4) is 0 Å². The highest BCUT2D eigenvalue weighted by Gasteiger charge is 1.62. The van der Waals surface area contributed by atoms with Crippen molar-refractivity contribution in [2.45, 2.75) is 0 Å². The largest absolute Gasteiger partial charge is 0.249 e. The monoisotopic (exact) mass is 110 g/mol. The molecular formula is C2H8NPS. The third kappa shape index (κ3) is 4.61. The van der Waals surface area contributed by atoms with Gasteiger partial charge in [-0.1, -0.05) is 26.8 Å². The van der Waals surface area contributed by atoms with Crippen LogP contribution in [0.4, 0.5) is 0 Å². The lowest BCUT2D eigenvalue weighted by Gasteiger charge is -1.86. The maximum atomic E-state index is 6.71. The molecule has 0 spiro atoms. The van der Waals surface area contributed by atoms with Gasteiger partial charge in [-0.05, 0) is 6.66 Å². The molecule has 0 fully saturated rings. The smallest absolute Gasteiger partial charge is 0.140 e. The Labute approximate surface area is 40.2 Å². The summed E-state index contributed by atoms with van der Waals surface area (Å²) in [5.74, 6) is 0. The third-order valence-corrected chi connectivity index (χ3v) is 1.54. The summed E-state index contributed by atoms with van der Waals surface area (Å²) in [6, 6.07) is 0. The Morgan fingerprint density at radius 1 is 2.40 bits per heavy atom. The molecule has 0 heterocycles. The van der Waals surface area contributed by atoms with Crippen LogP contribution in [0.15, 0.2) is 0 Å². The molecule has 5 heavy (non-hydrogen) atoms. The van der Waals surface area contributed by atoms with Crippen molar-refractivity contribution in [3.8, 4) is 0 Å².